The Hall–Kier alpha value is -2.63. The molecule has 1 saturated carbocycles. The average molecular weight is 345 g/mol. The van der Waals surface area contributed by atoms with Crippen molar-refractivity contribution in [3.05, 3.63) is 59.7 Å². The van der Waals surface area contributed by atoms with Gasteiger partial charge in [-0.15, -0.1) is 0 Å². The zero-order valence-corrected chi connectivity index (χ0v) is 14.1. The summed E-state index contributed by atoms with van der Waals surface area (Å²) in [4.78, 5) is 4.37. The number of benzene rings is 2. The number of halogens is 2. The molecule has 0 aliphatic heterocycles. The van der Waals surface area contributed by atoms with Gasteiger partial charge < -0.3 is 15.8 Å². The predicted octanol–water partition coefficient (Wildman–Crippen LogP) is 3.82. The van der Waals surface area contributed by atoms with Crippen LogP contribution in [0.3, 0.4) is 0 Å². The number of nitrogens with two attached hydrogens (primary N) is 1. The number of hydrogen-bond donors (Lipinski definition) is 2. The lowest BCUT2D eigenvalue weighted by atomic mass is 9.64. The van der Waals surface area contributed by atoms with E-state index in [1.807, 2.05) is 24.3 Å². The van der Waals surface area contributed by atoms with Gasteiger partial charge in [0.15, 0.2) is 5.96 Å². The third-order valence-electron chi connectivity index (χ3n) is 4.76. The molecule has 2 aromatic rings. The molecular formula is C19H21F2N3O. The summed E-state index contributed by atoms with van der Waals surface area (Å²) in [7, 11) is 1.64. The summed E-state index contributed by atoms with van der Waals surface area (Å²) < 4.78 is 32.1. The lowest BCUT2D eigenvalue weighted by molar-refractivity contribution is 0.253. The van der Waals surface area contributed by atoms with Crippen molar-refractivity contribution in [1.29, 1.82) is 0 Å². The van der Waals surface area contributed by atoms with Gasteiger partial charge in [-0.1, -0.05) is 18.6 Å². The van der Waals surface area contributed by atoms with Crippen molar-refractivity contribution in [1.82, 2.24) is 0 Å². The Morgan fingerprint density at radius 1 is 1.20 bits per heavy atom. The first-order valence-corrected chi connectivity index (χ1v) is 8.19. The molecule has 1 aliphatic rings. The molecule has 3 N–H and O–H groups in total. The number of rotatable bonds is 5. The van der Waals surface area contributed by atoms with Crippen LogP contribution in [0.15, 0.2) is 47.5 Å². The Labute approximate surface area is 145 Å². The van der Waals surface area contributed by atoms with Gasteiger partial charge in [-0.25, -0.2) is 8.78 Å². The van der Waals surface area contributed by atoms with Crippen molar-refractivity contribution in [2.24, 2.45) is 10.7 Å². The summed E-state index contributed by atoms with van der Waals surface area (Å²) in [6.07, 6.45) is 3.17. The fraction of sp³-hybridized carbons (Fsp3) is 0.316. The van der Waals surface area contributed by atoms with E-state index in [-0.39, 0.29) is 17.1 Å². The summed E-state index contributed by atoms with van der Waals surface area (Å²) >= 11 is 0. The molecule has 0 saturated heterocycles. The lowest BCUT2D eigenvalue weighted by Crippen LogP contribution is -2.38. The van der Waals surface area contributed by atoms with Crippen LogP contribution < -0.4 is 15.8 Å². The molecule has 2 aromatic carbocycles. The highest BCUT2D eigenvalue weighted by atomic mass is 19.1. The maximum atomic E-state index is 13.7. The number of hydrogen-bond acceptors (Lipinski definition) is 2. The van der Waals surface area contributed by atoms with Gasteiger partial charge in [0.1, 0.15) is 17.4 Å². The summed E-state index contributed by atoms with van der Waals surface area (Å²) in [6.45, 7) is 0.495. The molecule has 0 unspecified atom stereocenters. The van der Waals surface area contributed by atoms with Crippen LogP contribution in [0.25, 0.3) is 0 Å². The zero-order chi connectivity index (χ0) is 17.9. The number of nitrogens with one attached hydrogen (secondary N) is 1. The Kier molecular flexibility index (Phi) is 4.88. The van der Waals surface area contributed by atoms with Gasteiger partial charge in [-0.05, 0) is 42.7 Å². The number of methoxy groups -OCH3 is 1. The van der Waals surface area contributed by atoms with E-state index in [9.17, 15) is 8.78 Å². The standard InChI is InChI=1S/C19H21F2N3O/c1-25-15-6-3-13(4-7-15)19(9-2-10-19)12-23-18(22)24-17-11-14(20)5-8-16(17)21/h3-8,11H,2,9-10,12H2,1H3,(H3,22,23,24). The van der Waals surface area contributed by atoms with Gasteiger partial charge in [-0.2, -0.15) is 0 Å². The maximum Gasteiger partial charge on any atom is 0.193 e. The molecule has 1 aliphatic carbocycles. The molecule has 0 radical (unpaired) electrons. The van der Waals surface area contributed by atoms with E-state index in [2.05, 4.69) is 10.3 Å². The SMILES string of the molecule is COc1ccc(C2(CN=C(N)Nc3cc(F)ccc3F)CCC2)cc1. The smallest absolute Gasteiger partial charge is 0.193 e. The van der Waals surface area contributed by atoms with Gasteiger partial charge in [0.2, 0.25) is 0 Å². The zero-order valence-electron chi connectivity index (χ0n) is 14.1. The molecule has 1 fully saturated rings. The third kappa shape index (κ3) is 3.73. The van der Waals surface area contributed by atoms with Crippen LogP contribution in [0.2, 0.25) is 0 Å². The summed E-state index contributed by atoms with van der Waals surface area (Å²) in [6, 6.07) is 11.1. The summed E-state index contributed by atoms with van der Waals surface area (Å²) in [5, 5.41) is 2.63. The maximum absolute atomic E-state index is 13.7. The summed E-state index contributed by atoms with van der Waals surface area (Å²) in [5.41, 5.74) is 6.98. The molecule has 0 bridgehead atoms. The van der Waals surface area contributed by atoms with Crippen LogP contribution in [0.1, 0.15) is 24.8 Å². The number of anilines is 1. The monoisotopic (exact) mass is 345 g/mol. The molecule has 25 heavy (non-hydrogen) atoms. The minimum absolute atomic E-state index is 0.0200. The first kappa shape index (κ1) is 17.2. The predicted molar refractivity (Wildman–Crippen MR) is 95.0 cm³/mol. The number of guanidine groups is 1. The van der Waals surface area contributed by atoms with Gasteiger partial charge >= 0.3 is 0 Å². The number of nitrogens with zero attached hydrogens (tertiary/aromatic N) is 1. The molecular weight excluding hydrogens is 324 g/mol. The second-order valence-electron chi connectivity index (χ2n) is 6.31. The lowest BCUT2D eigenvalue weighted by Gasteiger charge is -2.41. The molecule has 3 rings (SSSR count). The molecule has 0 spiro atoms. The molecule has 132 valence electrons. The Morgan fingerprint density at radius 3 is 2.52 bits per heavy atom. The fourth-order valence-corrected chi connectivity index (χ4v) is 3.09. The number of ether oxygens (including phenoxy) is 1. The highest BCUT2D eigenvalue weighted by Gasteiger charge is 2.38. The Bertz CT molecular complexity index is 771. The van der Waals surface area contributed by atoms with E-state index >= 15 is 0 Å². The normalized spacial score (nSPS) is 16.2. The van der Waals surface area contributed by atoms with Crippen LogP contribution in [0, 0.1) is 11.6 Å². The van der Waals surface area contributed by atoms with E-state index in [0.717, 1.165) is 43.2 Å². The van der Waals surface area contributed by atoms with Crippen LogP contribution in [0.4, 0.5) is 14.5 Å². The minimum Gasteiger partial charge on any atom is -0.497 e. The topological polar surface area (TPSA) is 59.6 Å². The van der Waals surface area contributed by atoms with E-state index in [4.69, 9.17) is 10.5 Å². The Morgan fingerprint density at radius 2 is 1.92 bits per heavy atom. The van der Waals surface area contributed by atoms with Crippen molar-refractivity contribution >= 4 is 11.6 Å². The molecule has 6 heteroatoms. The van der Waals surface area contributed by atoms with Crippen molar-refractivity contribution in [2.45, 2.75) is 24.7 Å². The highest BCUT2D eigenvalue weighted by Crippen LogP contribution is 2.44. The van der Waals surface area contributed by atoms with Gasteiger partial charge in [0.25, 0.3) is 0 Å². The average Bonchev–Trinajstić information content (AvgIpc) is 2.58. The number of aliphatic imine (C=N–C) groups is 1. The van der Waals surface area contributed by atoms with Gasteiger partial charge in [-0.3, -0.25) is 4.99 Å². The molecule has 0 amide bonds. The first-order valence-electron chi connectivity index (χ1n) is 8.19. The molecule has 0 heterocycles. The third-order valence-corrected chi connectivity index (χ3v) is 4.76. The van der Waals surface area contributed by atoms with Crippen molar-refractivity contribution in [2.75, 3.05) is 19.0 Å². The van der Waals surface area contributed by atoms with Crippen molar-refractivity contribution < 1.29 is 13.5 Å². The minimum atomic E-state index is -0.576. The van der Waals surface area contributed by atoms with E-state index in [1.165, 1.54) is 5.56 Å². The summed E-state index contributed by atoms with van der Waals surface area (Å²) in [5.74, 6) is -0.229. The van der Waals surface area contributed by atoms with Gasteiger partial charge in [0, 0.05) is 11.5 Å². The first-order chi connectivity index (χ1) is 12.0. The van der Waals surface area contributed by atoms with E-state index in [0.29, 0.717) is 6.54 Å². The van der Waals surface area contributed by atoms with E-state index < -0.39 is 11.6 Å². The van der Waals surface area contributed by atoms with Crippen molar-refractivity contribution in [3.8, 4) is 5.75 Å². The van der Waals surface area contributed by atoms with Crippen LogP contribution in [-0.4, -0.2) is 19.6 Å². The van der Waals surface area contributed by atoms with Crippen LogP contribution in [-0.2, 0) is 5.41 Å². The fourth-order valence-electron chi connectivity index (χ4n) is 3.09. The van der Waals surface area contributed by atoms with Crippen LogP contribution in [0.5, 0.6) is 5.75 Å². The highest BCUT2D eigenvalue weighted by molar-refractivity contribution is 5.92. The second-order valence-corrected chi connectivity index (χ2v) is 6.31. The van der Waals surface area contributed by atoms with E-state index in [1.54, 1.807) is 7.11 Å². The molecule has 0 aromatic heterocycles. The second kappa shape index (κ2) is 7.09. The molecule has 4 nitrogen and oxygen atoms in total. The largest absolute Gasteiger partial charge is 0.497 e. The molecule has 0 atom stereocenters. The van der Waals surface area contributed by atoms with Gasteiger partial charge in [0.05, 0.1) is 19.3 Å². The Balaban J connectivity index is 1.72. The van der Waals surface area contributed by atoms with Crippen molar-refractivity contribution in [3.63, 3.8) is 0 Å². The quantitative estimate of drug-likeness (QED) is 0.640. The van der Waals surface area contributed by atoms with Crippen LogP contribution >= 0.6 is 0 Å².